The zero-order chi connectivity index (χ0) is 16.7. The molecular formula is C18H20N2O2S. The highest BCUT2D eigenvalue weighted by atomic mass is 32.2. The van der Waals surface area contributed by atoms with Gasteiger partial charge >= 0.3 is 0 Å². The van der Waals surface area contributed by atoms with Gasteiger partial charge in [0.1, 0.15) is 5.75 Å². The summed E-state index contributed by atoms with van der Waals surface area (Å²) >= 11 is 1.68. The number of carbonyl (C=O) groups is 1. The Morgan fingerprint density at radius 2 is 1.96 bits per heavy atom. The Hall–Kier alpha value is -2.27. The number of ether oxygens (including phenoxy) is 1. The third-order valence-electron chi connectivity index (χ3n) is 3.22. The maximum Gasteiger partial charge on any atom is 0.277 e. The van der Waals surface area contributed by atoms with E-state index in [0.29, 0.717) is 0 Å². The molecule has 2 aromatic rings. The Morgan fingerprint density at radius 3 is 2.65 bits per heavy atom. The van der Waals surface area contributed by atoms with Crippen LogP contribution in [0.1, 0.15) is 16.7 Å². The van der Waals surface area contributed by atoms with Crippen molar-refractivity contribution < 1.29 is 9.53 Å². The first kappa shape index (κ1) is 17.1. The van der Waals surface area contributed by atoms with Gasteiger partial charge in [0.05, 0.1) is 6.21 Å². The van der Waals surface area contributed by atoms with Crippen molar-refractivity contribution in [2.24, 2.45) is 5.10 Å². The number of hydrogen-bond acceptors (Lipinski definition) is 4. The van der Waals surface area contributed by atoms with E-state index < -0.39 is 0 Å². The van der Waals surface area contributed by atoms with Gasteiger partial charge in [0.2, 0.25) is 0 Å². The quantitative estimate of drug-likeness (QED) is 0.501. The van der Waals surface area contributed by atoms with Gasteiger partial charge in [-0.2, -0.15) is 5.10 Å². The van der Waals surface area contributed by atoms with Crippen LogP contribution in [0.5, 0.6) is 5.75 Å². The number of benzene rings is 2. The third-order valence-corrected chi connectivity index (χ3v) is 3.96. The second kappa shape index (κ2) is 8.39. The van der Waals surface area contributed by atoms with Crippen LogP contribution in [0.2, 0.25) is 0 Å². The molecule has 120 valence electrons. The Morgan fingerprint density at radius 1 is 1.22 bits per heavy atom. The zero-order valence-electron chi connectivity index (χ0n) is 13.5. The molecule has 0 saturated carbocycles. The topological polar surface area (TPSA) is 50.7 Å². The number of nitrogens with one attached hydrogen (secondary N) is 1. The highest BCUT2D eigenvalue weighted by molar-refractivity contribution is 7.98. The Kier molecular flexibility index (Phi) is 6.23. The van der Waals surface area contributed by atoms with Crippen molar-refractivity contribution in [2.75, 3.05) is 12.9 Å². The van der Waals surface area contributed by atoms with E-state index >= 15 is 0 Å². The molecule has 1 amide bonds. The number of amides is 1. The highest BCUT2D eigenvalue weighted by Crippen LogP contribution is 2.18. The Labute approximate surface area is 140 Å². The fourth-order valence-corrected chi connectivity index (χ4v) is 2.32. The van der Waals surface area contributed by atoms with E-state index in [2.05, 4.69) is 10.5 Å². The second-order valence-corrected chi connectivity index (χ2v) is 6.00. The van der Waals surface area contributed by atoms with Gasteiger partial charge < -0.3 is 4.74 Å². The largest absolute Gasteiger partial charge is 0.483 e. The number of rotatable bonds is 6. The van der Waals surface area contributed by atoms with Crippen LogP contribution in [-0.2, 0) is 4.79 Å². The molecule has 2 aromatic carbocycles. The summed E-state index contributed by atoms with van der Waals surface area (Å²) in [7, 11) is 0. The maximum atomic E-state index is 11.8. The van der Waals surface area contributed by atoms with Gasteiger partial charge in [-0.15, -0.1) is 11.8 Å². The minimum Gasteiger partial charge on any atom is -0.483 e. The van der Waals surface area contributed by atoms with Crippen LogP contribution >= 0.6 is 11.8 Å². The minimum atomic E-state index is -0.289. The first-order valence-corrected chi connectivity index (χ1v) is 8.47. The number of thioether (sulfide) groups is 1. The van der Waals surface area contributed by atoms with Gasteiger partial charge in [0.15, 0.2) is 6.61 Å². The summed E-state index contributed by atoms with van der Waals surface area (Å²) in [6.45, 7) is 3.87. The van der Waals surface area contributed by atoms with Crippen LogP contribution < -0.4 is 10.2 Å². The van der Waals surface area contributed by atoms with Crippen LogP contribution in [0, 0.1) is 13.8 Å². The van der Waals surface area contributed by atoms with Gasteiger partial charge in [-0.1, -0.05) is 24.3 Å². The van der Waals surface area contributed by atoms with E-state index in [-0.39, 0.29) is 12.5 Å². The molecular weight excluding hydrogens is 308 g/mol. The van der Waals surface area contributed by atoms with Gasteiger partial charge in [-0.05, 0) is 55.0 Å². The van der Waals surface area contributed by atoms with Crippen molar-refractivity contribution in [3.63, 3.8) is 0 Å². The molecule has 2 rings (SSSR count). The molecule has 1 N–H and O–H groups in total. The molecule has 0 fully saturated rings. The smallest absolute Gasteiger partial charge is 0.277 e. The minimum absolute atomic E-state index is 0.0625. The van der Waals surface area contributed by atoms with Crippen molar-refractivity contribution in [1.82, 2.24) is 5.43 Å². The number of carbonyl (C=O) groups excluding carboxylic acids is 1. The average molecular weight is 328 g/mol. The third kappa shape index (κ3) is 5.45. The van der Waals surface area contributed by atoms with Crippen LogP contribution in [-0.4, -0.2) is 25.0 Å². The van der Waals surface area contributed by atoms with Crippen molar-refractivity contribution in [3.05, 3.63) is 59.2 Å². The highest BCUT2D eigenvalue weighted by Gasteiger charge is 2.04. The van der Waals surface area contributed by atoms with Crippen molar-refractivity contribution in [3.8, 4) is 5.75 Å². The summed E-state index contributed by atoms with van der Waals surface area (Å²) in [4.78, 5) is 12.9. The molecule has 0 aliphatic rings. The van der Waals surface area contributed by atoms with Gasteiger partial charge in [-0.25, -0.2) is 5.43 Å². The number of nitrogens with zero attached hydrogens (tertiary/aromatic N) is 1. The molecule has 0 aromatic heterocycles. The zero-order valence-corrected chi connectivity index (χ0v) is 14.3. The predicted octanol–water partition coefficient (Wildman–Crippen LogP) is 3.55. The van der Waals surface area contributed by atoms with Gasteiger partial charge in [0, 0.05) is 4.90 Å². The van der Waals surface area contributed by atoms with Crippen LogP contribution in [0.25, 0.3) is 0 Å². The van der Waals surface area contributed by atoms with E-state index in [0.717, 1.165) is 22.4 Å². The lowest BCUT2D eigenvalue weighted by molar-refractivity contribution is -0.123. The summed E-state index contributed by atoms with van der Waals surface area (Å²) in [6, 6.07) is 13.8. The fourth-order valence-electron chi connectivity index (χ4n) is 1.91. The summed E-state index contributed by atoms with van der Waals surface area (Å²) in [5.41, 5.74) is 5.49. The first-order valence-electron chi connectivity index (χ1n) is 7.24. The SMILES string of the molecule is CSc1ccc(C=NNC(=O)COc2cc(C)ccc2C)cc1. The van der Waals surface area contributed by atoms with Crippen LogP contribution in [0.3, 0.4) is 0 Å². The summed E-state index contributed by atoms with van der Waals surface area (Å²) in [5, 5.41) is 3.94. The molecule has 0 radical (unpaired) electrons. The van der Waals surface area contributed by atoms with Gasteiger partial charge in [-0.3, -0.25) is 4.79 Å². The van der Waals surface area contributed by atoms with E-state index in [1.165, 1.54) is 4.90 Å². The molecule has 4 nitrogen and oxygen atoms in total. The molecule has 0 aliphatic carbocycles. The second-order valence-electron chi connectivity index (χ2n) is 5.12. The van der Waals surface area contributed by atoms with E-state index in [1.54, 1.807) is 18.0 Å². The molecule has 0 spiro atoms. The summed E-state index contributed by atoms with van der Waals surface area (Å²) in [5.74, 6) is 0.430. The van der Waals surface area contributed by atoms with Crippen molar-refractivity contribution in [2.45, 2.75) is 18.7 Å². The molecule has 0 aliphatic heterocycles. The molecule has 0 atom stereocenters. The number of hydrazone groups is 1. The van der Waals surface area contributed by atoms with E-state index in [1.807, 2.05) is 62.6 Å². The molecule has 0 bridgehead atoms. The Bertz CT molecular complexity index is 697. The lowest BCUT2D eigenvalue weighted by atomic mass is 10.1. The molecule has 0 unspecified atom stereocenters. The normalized spacial score (nSPS) is 10.7. The average Bonchev–Trinajstić information content (AvgIpc) is 2.56. The van der Waals surface area contributed by atoms with Crippen LogP contribution in [0.15, 0.2) is 52.5 Å². The van der Waals surface area contributed by atoms with Crippen molar-refractivity contribution >= 4 is 23.9 Å². The number of hydrogen-bond donors (Lipinski definition) is 1. The maximum absolute atomic E-state index is 11.8. The standard InChI is InChI=1S/C18H20N2O2S/c1-13-4-5-14(2)17(10-13)22-12-18(21)20-19-11-15-6-8-16(23-3)9-7-15/h4-11H,12H2,1-3H3,(H,20,21). The lowest BCUT2D eigenvalue weighted by Gasteiger charge is -2.08. The molecule has 0 saturated heterocycles. The van der Waals surface area contributed by atoms with E-state index in [4.69, 9.17) is 4.74 Å². The Balaban J connectivity index is 1.82. The van der Waals surface area contributed by atoms with Gasteiger partial charge in [0.25, 0.3) is 5.91 Å². The molecule has 23 heavy (non-hydrogen) atoms. The number of aryl methyl sites for hydroxylation is 2. The monoisotopic (exact) mass is 328 g/mol. The van der Waals surface area contributed by atoms with Crippen LogP contribution in [0.4, 0.5) is 0 Å². The summed E-state index contributed by atoms with van der Waals surface area (Å²) in [6.07, 6.45) is 3.64. The van der Waals surface area contributed by atoms with Crippen molar-refractivity contribution in [1.29, 1.82) is 0 Å². The summed E-state index contributed by atoms with van der Waals surface area (Å²) < 4.78 is 5.52. The molecule has 0 heterocycles. The molecule has 5 heteroatoms. The first-order chi connectivity index (χ1) is 11.1. The predicted molar refractivity (Wildman–Crippen MR) is 95.4 cm³/mol. The van der Waals surface area contributed by atoms with E-state index in [9.17, 15) is 4.79 Å². The lowest BCUT2D eigenvalue weighted by Crippen LogP contribution is -2.24. The fraction of sp³-hybridized carbons (Fsp3) is 0.222.